The minimum Gasteiger partial charge on any atom is -0.487 e. The van der Waals surface area contributed by atoms with E-state index in [0.717, 1.165) is 10.8 Å². The molecule has 0 atom stereocenters. The third-order valence-electron chi connectivity index (χ3n) is 2.69. The molecule has 0 radical (unpaired) electrons. The van der Waals surface area contributed by atoms with Crippen LogP contribution in [0.4, 0.5) is 0 Å². The quantitative estimate of drug-likeness (QED) is 0.611. The van der Waals surface area contributed by atoms with Gasteiger partial charge in [-0.1, -0.05) is 11.3 Å². The van der Waals surface area contributed by atoms with E-state index in [9.17, 15) is 0 Å². The topological polar surface area (TPSA) is 9.23 Å². The number of ether oxygens (including phenoxy) is 1. The number of rotatable bonds is 4. The molecule has 3 rings (SSSR count). The second-order valence-electron chi connectivity index (χ2n) is 3.91. The largest absolute Gasteiger partial charge is 0.487 e. The molecule has 0 saturated heterocycles. The molecule has 0 aliphatic carbocycles. The Morgan fingerprint density at radius 1 is 0.842 bits per heavy atom. The summed E-state index contributed by atoms with van der Waals surface area (Å²) in [6.45, 7) is 0. The maximum Gasteiger partial charge on any atom is 0.173 e. The Hall–Kier alpha value is -0.750. The zero-order valence-corrected chi connectivity index (χ0v) is 13.6. The lowest BCUT2D eigenvalue weighted by atomic mass is 10.3. The molecule has 3 aromatic rings. The number of thiol groups is 1. The van der Waals surface area contributed by atoms with Gasteiger partial charge < -0.3 is 4.74 Å². The van der Waals surface area contributed by atoms with Gasteiger partial charge in [0, 0.05) is 30.1 Å². The van der Waals surface area contributed by atoms with Crippen LogP contribution in [-0.4, -0.2) is 7.11 Å². The van der Waals surface area contributed by atoms with Crippen LogP contribution in [0.5, 0.6) is 5.06 Å². The van der Waals surface area contributed by atoms with Crippen molar-refractivity contribution in [2.75, 3.05) is 7.11 Å². The van der Waals surface area contributed by atoms with Crippen LogP contribution >= 0.6 is 46.6 Å². The summed E-state index contributed by atoms with van der Waals surface area (Å²) in [5.41, 5.74) is 0. The molecule has 0 aliphatic heterocycles. The Balaban J connectivity index is 1.90. The molecule has 19 heavy (non-hydrogen) atoms. The average Bonchev–Trinajstić information content (AvgIpc) is 3.16. The van der Waals surface area contributed by atoms with E-state index in [0.29, 0.717) is 0 Å². The predicted molar refractivity (Wildman–Crippen MR) is 90.2 cm³/mol. The highest BCUT2D eigenvalue weighted by Gasteiger charge is 2.09. The Labute approximate surface area is 129 Å². The summed E-state index contributed by atoms with van der Waals surface area (Å²) in [4.78, 5) is 6.51. The second kappa shape index (κ2) is 5.71. The summed E-state index contributed by atoms with van der Waals surface area (Å²) in [6, 6.07) is 12.9. The zero-order chi connectivity index (χ0) is 13.2. The normalized spacial score (nSPS) is 10.8. The van der Waals surface area contributed by atoms with Crippen molar-refractivity contribution < 1.29 is 4.74 Å². The van der Waals surface area contributed by atoms with Gasteiger partial charge in [0.05, 0.1) is 7.11 Å². The van der Waals surface area contributed by atoms with Gasteiger partial charge in [-0.15, -0.1) is 22.7 Å². The highest BCUT2D eigenvalue weighted by molar-refractivity contribution is 7.79. The number of thiophene rings is 3. The van der Waals surface area contributed by atoms with Crippen LogP contribution in [0.1, 0.15) is 4.88 Å². The molecule has 3 heterocycles. The summed E-state index contributed by atoms with van der Waals surface area (Å²) in [6.07, 6.45) is 0. The number of hydrogen-bond donors (Lipinski definition) is 1. The first-order valence-corrected chi connectivity index (χ1v) is 8.82. The van der Waals surface area contributed by atoms with Crippen LogP contribution in [0.15, 0.2) is 36.4 Å². The molecule has 5 heteroatoms. The fourth-order valence-electron chi connectivity index (χ4n) is 1.76. The van der Waals surface area contributed by atoms with Crippen LogP contribution in [0.2, 0.25) is 0 Å². The third-order valence-corrected chi connectivity index (χ3v) is 6.85. The van der Waals surface area contributed by atoms with Gasteiger partial charge in [0.25, 0.3) is 0 Å². The monoisotopic (exact) mass is 324 g/mol. The Morgan fingerprint density at radius 2 is 1.42 bits per heavy atom. The SMILES string of the molecule is COc1ccc(-c2ccc(-c3ccc(CS)s3)s2)s1. The molecule has 0 aliphatic rings. The van der Waals surface area contributed by atoms with E-state index in [1.807, 2.05) is 28.7 Å². The van der Waals surface area contributed by atoms with E-state index in [2.05, 4.69) is 43.0 Å². The summed E-state index contributed by atoms with van der Waals surface area (Å²) in [7, 11) is 1.71. The van der Waals surface area contributed by atoms with Crippen molar-refractivity contribution in [3.05, 3.63) is 41.3 Å². The van der Waals surface area contributed by atoms with Crippen molar-refractivity contribution in [1.82, 2.24) is 0 Å². The van der Waals surface area contributed by atoms with Crippen molar-refractivity contribution in [2.24, 2.45) is 0 Å². The molecule has 0 N–H and O–H groups in total. The first-order valence-electron chi connectivity index (χ1n) is 5.74. The molecule has 0 bridgehead atoms. The second-order valence-corrected chi connectivity index (χ2v) is 7.53. The number of hydrogen-bond acceptors (Lipinski definition) is 5. The zero-order valence-electron chi connectivity index (χ0n) is 10.3. The fourth-order valence-corrected chi connectivity index (χ4v) is 4.93. The number of methoxy groups -OCH3 is 1. The van der Waals surface area contributed by atoms with E-state index in [4.69, 9.17) is 4.74 Å². The molecule has 98 valence electrons. The lowest BCUT2D eigenvalue weighted by Crippen LogP contribution is -1.73. The minimum atomic E-state index is 0.811. The molecule has 0 saturated carbocycles. The van der Waals surface area contributed by atoms with Crippen LogP contribution in [0.25, 0.3) is 19.5 Å². The maximum atomic E-state index is 5.24. The van der Waals surface area contributed by atoms with E-state index in [1.165, 1.54) is 24.4 Å². The van der Waals surface area contributed by atoms with Crippen LogP contribution in [0, 0.1) is 0 Å². The lowest BCUT2D eigenvalue weighted by molar-refractivity contribution is 0.427. The van der Waals surface area contributed by atoms with E-state index < -0.39 is 0 Å². The Kier molecular flexibility index (Phi) is 3.98. The molecule has 3 aromatic heterocycles. The minimum absolute atomic E-state index is 0.811. The molecule has 0 unspecified atom stereocenters. The fraction of sp³-hybridized carbons (Fsp3) is 0.143. The third kappa shape index (κ3) is 2.74. The van der Waals surface area contributed by atoms with Gasteiger partial charge in [0.15, 0.2) is 5.06 Å². The smallest absolute Gasteiger partial charge is 0.173 e. The molecular weight excluding hydrogens is 312 g/mol. The predicted octanol–water partition coefficient (Wildman–Crippen LogP) is 5.64. The molecular formula is C14H12OS4. The Bertz CT molecular complexity index is 620. The first kappa shape index (κ1) is 13.2. The molecule has 0 amide bonds. The van der Waals surface area contributed by atoms with Crippen LogP contribution in [0.3, 0.4) is 0 Å². The summed E-state index contributed by atoms with van der Waals surface area (Å²) in [5.74, 6) is 0.811. The van der Waals surface area contributed by atoms with Gasteiger partial charge in [-0.2, -0.15) is 12.6 Å². The van der Waals surface area contributed by atoms with Crippen molar-refractivity contribution in [1.29, 1.82) is 0 Å². The van der Waals surface area contributed by atoms with Gasteiger partial charge in [-0.05, 0) is 36.4 Å². The molecule has 0 fully saturated rings. The van der Waals surface area contributed by atoms with Crippen molar-refractivity contribution in [3.63, 3.8) is 0 Å². The molecule has 1 nitrogen and oxygen atoms in total. The van der Waals surface area contributed by atoms with Gasteiger partial charge in [0.2, 0.25) is 0 Å². The van der Waals surface area contributed by atoms with E-state index in [1.54, 1.807) is 18.4 Å². The summed E-state index contributed by atoms with van der Waals surface area (Å²) < 4.78 is 5.24. The van der Waals surface area contributed by atoms with Gasteiger partial charge in [-0.25, -0.2) is 0 Å². The summed E-state index contributed by atoms with van der Waals surface area (Å²) >= 11 is 9.64. The van der Waals surface area contributed by atoms with Gasteiger partial charge >= 0.3 is 0 Å². The highest BCUT2D eigenvalue weighted by Crippen LogP contribution is 2.41. The maximum absolute atomic E-state index is 5.24. The summed E-state index contributed by atoms with van der Waals surface area (Å²) in [5, 5.41) is 0.957. The van der Waals surface area contributed by atoms with Crippen molar-refractivity contribution in [3.8, 4) is 24.6 Å². The van der Waals surface area contributed by atoms with Crippen LogP contribution in [-0.2, 0) is 5.75 Å². The van der Waals surface area contributed by atoms with Gasteiger partial charge in [-0.3, -0.25) is 0 Å². The van der Waals surface area contributed by atoms with E-state index in [-0.39, 0.29) is 0 Å². The Morgan fingerprint density at radius 3 is 2.00 bits per heavy atom. The molecule has 0 spiro atoms. The van der Waals surface area contributed by atoms with Crippen LogP contribution < -0.4 is 4.74 Å². The van der Waals surface area contributed by atoms with Crippen molar-refractivity contribution in [2.45, 2.75) is 5.75 Å². The van der Waals surface area contributed by atoms with Gasteiger partial charge in [0.1, 0.15) is 0 Å². The standard InChI is InChI=1S/C14H12OS4/c1-15-14-7-6-13(19-14)12-5-4-11(18-12)10-3-2-9(8-16)17-10/h2-7,16H,8H2,1H3. The molecule has 0 aromatic carbocycles. The highest BCUT2D eigenvalue weighted by atomic mass is 32.1. The average molecular weight is 325 g/mol. The first-order chi connectivity index (χ1) is 9.30. The van der Waals surface area contributed by atoms with E-state index >= 15 is 0 Å². The van der Waals surface area contributed by atoms with Crippen molar-refractivity contribution >= 4 is 46.6 Å². The lowest BCUT2D eigenvalue weighted by Gasteiger charge is -1.92.